The first-order chi connectivity index (χ1) is 9.28. The lowest BCUT2D eigenvalue weighted by Crippen LogP contribution is -2.46. The maximum absolute atomic E-state index is 4.65. The molecular weight excluding hydrogens is 254 g/mol. The lowest BCUT2D eigenvalue weighted by Gasteiger charge is -2.41. The Hall–Kier alpha value is -1.03. The smallest absolute Gasteiger partial charge is 0.191 e. The van der Waals surface area contributed by atoms with E-state index < -0.39 is 0 Å². The van der Waals surface area contributed by atoms with Crippen LogP contribution in [0.2, 0.25) is 0 Å². The average molecular weight is 279 g/mol. The zero-order valence-corrected chi connectivity index (χ0v) is 12.9. The largest absolute Gasteiger partial charge is 0.357 e. The van der Waals surface area contributed by atoms with Crippen molar-refractivity contribution in [1.82, 2.24) is 10.6 Å². The van der Waals surface area contributed by atoms with Gasteiger partial charge in [-0.1, -0.05) is 13.3 Å². The summed E-state index contributed by atoms with van der Waals surface area (Å²) in [5, 5.41) is 11.1. The molecule has 1 aliphatic rings. The van der Waals surface area contributed by atoms with Crippen LogP contribution in [0.5, 0.6) is 0 Å². The Morgan fingerprint density at radius 3 is 2.74 bits per heavy atom. The summed E-state index contributed by atoms with van der Waals surface area (Å²) in [4.78, 5) is 4.65. The summed E-state index contributed by atoms with van der Waals surface area (Å²) >= 11 is 1.73. The summed E-state index contributed by atoms with van der Waals surface area (Å²) in [7, 11) is 0. The normalized spacial score (nSPS) is 17.9. The highest BCUT2D eigenvalue weighted by atomic mass is 32.1. The molecule has 1 fully saturated rings. The van der Waals surface area contributed by atoms with Gasteiger partial charge in [-0.05, 0) is 54.0 Å². The quantitative estimate of drug-likeness (QED) is 0.618. The van der Waals surface area contributed by atoms with Crippen LogP contribution in [0.4, 0.5) is 0 Å². The number of guanidine groups is 1. The van der Waals surface area contributed by atoms with Crippen molar-refractivity contribution < 1.29 is 0 Å². The molecule has 0 aliphatic heterocycles. The fourth-order valence-corrected chi connectivity index (χ4v) is 3.16. The number of hydrogen-bond acceptors (Lipinski definition) is 2. The van der Waals surface area contributed by atoms with Gasteiger partial charge in [0.1, 0.15) is 0 Å². The van der Waals surface area contributed by atoms with E-state index >= 15 is 0 Å². The van der Waals surface area contributed by atoms with Crippen molar-refractivity contribution in [2.45, 2.75) is 46.1 Å². The van der Waals surface area contributed by atoms with E-state index in [4.69, 9.17) is 0 Å². The predicted molar refractivity (Wildman–Crippen MR) is 83.7 cm³/mol. The number of nitrogens with zero attached hydrogens (tertiary/aromatic N) is 1. The Labute approximate surface area is 120 Å². The third kappa shape index (κ3) is 3.96. The molecule has 2 rings (SSSR count). The third-order valence-electron chi connectivity index (χ3n) is 4.14. The van der Waals surface area contributed by atoms with Crippen molar-refractivity contribution >= 4 is 17.3 Å². The first-order valence-corrected chi connectivity index (χ1v) is 8.25. The first-order valence-electron chi connectivity index (χ1n) is 7.31. The molecule has 2 N–H and O–H groups in total. The van der Waals surface area contributed by atoms with E-state index in [0.29, 0.717) is 5.41 Å². The van der Waals surface area contributed by atoms with Crippen molar-refractivity contribution in [2.24, 2.45) is 10.4 Å². The first kappa shape index (κ1) is 14.4. The number of aliphatic imine (C=N–C) groups is 1. The summed E-state index contributed by atoms with van der Waals surface area (Å²) in [6, 6.07) is 2.14. The van der Waals surface area contributed by atoms with Gasteiger partial charge in [0.05, 0.1) is 6.54 Å². The average Bonchev–Trinajstić information content (AvgIpc) is 2.88. The van der Waals surface area contributed by atoms with Crippen LogP contribution >= 0.6 is 11.3 Å². The molecule has 1 saturated carbocycles. The molecule has 0 aromatic carbocycles. The SMILES string of the molecule is CCNC(=NCc1ccsc1)NCC1(CC)CCC1. The fraction of sp³-hybridized carbons (Fsp3) is 0.667. The summed E-state index contributed by atoms with van der Waals surface area (Å²) < 4.78 is 0. The van der Waals surface area contributed by atoms with Gasteiger partial charge < -0.3 is 10.6 Å². The standard InChI is InChI=1S/C15H25N3S/c1-3-15(7-5-8-15)12-18-14(16-4-2)17-10-13-6-9-19-11-13/h6,9,11H,3-5,7-8,10,12H2,1-2H3,(H2,16,17,18). The minimum Gasteiger partial charge on any atom is -0.357 e. The van der Waals surface area contributed by atoms with Crippen LogP contribution in [0.15, 0.2) is 21.8 Å². The molecule has 1 aliphatic carbocycles. The van der Waals surface area contributed by atoms with Crippen molar-refractivity contribution in [2.75, 3.05) is 13.1 Å². The molecule has 0 amide bonds. The molecule has 0 saturated heterocycles. The molecule has 3 nitrogen and oxygen atoms in total. The maximum atomic E-state index is 4.65. The van der Waals surface area contributed by atoms with Crippen molar-refractivity contribution in [1.29, 1.82) is 0 Å². The van der Waals surface area contributed by atoms with E-state index in [9.17, 15) is 0 Å². The van der Waals surface area contributed by atoms with Crippen LogP contribution < -0.4 is 10.6 Å². The lowest BCUT2D eigenvalue weighted by atomic mass is 9.67. The lowest BCUT2D eigenvalue weighted by molar-refractivity contribution is 0.131. The van der Waals surface area contributed by atoms with E-state index in [1.807, 2.05) is 0 Å². The number of nitrogens with one attached hydrogen (secondary N) is 2. The number of rotatable bonds is 6. The second kappa shape index (κ2) is 6.94. The Balaban J connectivity index is 1.86. The highest BCUT2D eigenvalue weighted by Gasteiger charge is 2.34. The van der Waals surface area contributed by atoms with E-state index in [1.54, 1.807) is 11.3 Å². The minimum atomic E-state index is 0.526. The van der Waals surface area contributed by atoms with Gasteiger partial charge >= 0.3 is 0 Å². The van der Waals surface area contributed by atoms with Gasteiger partial charge in [-0.2, -0.15) is 11.3 Å². The molecule has 1 aromatic rings. The summed E-state index contributed by atoms with van der Waals surface area (Å²) in [6.45, 7) is 7.14. The Morgan fingerprint density at radius 1 is 1.37 bits per heavy atom. The molecule has 4 heteroatoms. The van der Waals surface area contributed by atoms with Crippen LogP contribution in [0, 0.1) is 5.41 Å². The number of thiophene rings is 1. The Bertz CT molecular complexity index is 388. The second-order valence-corrected chi connectivity index (χ2v) is 6.17. The second-order valence-electron chi connectivity index (χ2n) is 5.39. The van der Waals surface area contributed by atoms with Crippen LogP contribution in [0.3, 0.4) is 0 Å². The monoisotopic (exact) mass is 279 g/mol. The molecule has 0 atom stereocenters. The van der Waals surface area contributed by atoms with Gasteiger partial charge in [0, 0.05) is 13.1 Å². The van der Waals surface area contributed by atoms with E-state index in [2.05, 4.69) is 46.3 Å². The predicted octanol–water partition coefficient (Wildman–Crippen LogP) is 3.38. The zero-order chi connectivity index (χ0) is 13.6. The fourth-order valence-electron chi connectivity index (χ4n) is 2.50. The van der Waals surface area contributed by atoms with Crippen molar-refractivity contribution in [3.63, 3.8) is 0 Å². The van der Waals surface area contributed by atoms with Gasteiger partial charge in [0.25, 0.3) is 0 Å². The Morgan fingerprint density at radius 2 is 2.21 bits per heavy atom. The molecule has 106 valence electrons. The summed E-state index contributed by atoms with van der Waals surface area (Å²) in [5.41, 5.74) is 1.81. The topological polar surface area (TPSA) is 36.4 Å². The van der Waals surface area contributed by atoms with Crippen LogP contribution in [-0.4, -0.2) is 19.0 Å². The van der Waals surface area contributed by atoms with Crippen LogP contribution in [0.25, 0.3) is 0 Å². The van der Waals surface area contributed by atoms with Crippen LogP contribution in [0.1, 0.15) is 45.1 Å². The number of hydrogen-bond donors (Lipinski definition) is 2. The van der Waals surface area contributed by atoms with E-state index in [0.717, 1.165) is 25.6 Å². The highest BCUT2D eigenvalue weighted by Crippen LogP contribution is 2.42. The highest BCUT2D eigenvalue weighted by molar-refractivity contribution is 7.07. The minimum absolute atomic E-state index is 0.526. The van der Waals surface area contributed by atoms with Gasteiger partial charge in [-0.15, -0.1) is 0 Å². The molecule has 1 heterocycles. The molecule has 0 spiro atoms. The van der Waals surface area contributed by atoms with E-state index in [1.165, 1.54) is 31.2 Å². The van der Waals surface area contributed by atoms with Gasteiger partial charge in [-0.25, -0.2) is 4.99 Å². The summed E-state index contributed by atoms with van der Waals surface area (Å²) in [6.07, 6.45) is 5.38. The van der Waals surface area contributed by atoms with Crippen molar-refractivity contribution in [3.8, 4) is 0 Å². The molecular formula is C15H25N3S. The van der Waals surface area contributed by atoms with Gasteiger partial charge in [0.15, 0.2) is 5.96 Å². The Kier molecular flexibility index (Phi) is 5.25. The molecule has 0 radical (unpaired) electrons. The van der Waals surface area contributed by atoms with Gasteiger partial charge in [0.2, 0.25) is 0 Å². The molecule has 0 bridgehead atoms. The zero-order valence-electron chi connectivity index (χ0n) is 12.0. The third-order valence-corrected chi connectivity index (χ3v) is 4.87. The maximum Gasteiger partial charge on any atom is 0.191 e. The van der Waals surface area contributed by atoms with Crippen molar-refractivity contribution in [3.05, 3.63) is 22.4 Å². The van der Waals surface area contributed by atoms with E-state index in [-0.39, 0.29) is 0 Å². The summed E-state index contributed by atoms with van der Waals surface area (Å²) in [5.74, 6) is 0.952. The van der Waals surface area contributed by atoms with Crippen LogP contribution in [-0.2, 0) is 6.54 Å². The molecule has 0 unspecified atom stereocenters. The molecule has 19 heavy (non-hydrogen) atoms. The van der Waals surface area contributed by atoms with Gasteiger partial charge in [-0.3, -0.25) is 0 Å². The molecule has 1 aromatic heterocycles.